The summed E-state index contributed by atoms with van der Waals surface area (Å²) in [7, 11) is -3.84. The van der Waals surface area contributed by atoms with Crippen LogP contribution in [0.2, 0.25) is 0 Å². The Morgan fingerprint density at radius 1 is 0.825 bits per heavy atom. The zero-order valence-electron chi connectivity index (χ0n) is 22.4. The number of carbonyl (C=O) groups excluding carboxylic acids is 2. The first kappa shape index (κ1) is 28.5. The molecule has 2 amide bonds. The third-order valence-electron chi connectivity index (χ3n) is 5.92. The van der Waals surface area contributed by atoms with E-state index in [1.165, 1.54) is 10.5 Å². The van der Waals surface area contributed by atoms with Crippen molar-refractivity contribution in [2.75, 3.05) is 5.32 Å². The van der Waals surface area contributed by atoms with Gasteiger partial charge in [0, 0.05) is 12.2 Å². The molecule has 0 aliphatic rings. The van der Waals surface area contributed by atoms with Crippen molar-refractivity contribution >= 4 is 33.7 Å². The van der Waals surface area contributed by atoms with Crippen LogP contribution >= 0.6 is 0 Å². The summed E-state index contributed by atoms with van der Waals surface area (Å²) in [5, 5.41) is 6.33. The van der Waals surface area contributed by atoms with Gasteiger partial charge in [0.1, 0.15) is 11.5 Å². The summed E-state index contributed by atoms with van der Waals surface area (Å²) >= 11 is 0. The van der Waals surface area contributed by atoms with Gasteiger partial charge in [-0.2, -0.15) is 9.41 Å². The highest BCUT2D eigenvalue weighted by Gasteiger charge is 2.26. The first-order chi connectivity index (χ1) is 19.1. The molecule has 0 saturated carbocycles. The fourth-order valence-corrected chi connectivity index (χ4v) is 5.43. The Labute approximate surface area is 233 Å². The minimum atomic E-state index is -3.84. The molecular formula is C30H30N4O5S. The lowest BCUT2D eigenvalue weighted by molar-refractivity contribution is -0.136. The number of hydrazone groups is 1. The van der Waals surface area contributed by atoms with Gasteiger partial charge in [0.15, 0.2) is 0 Å². The molecule has 10 heteroatoms. The van der Waals surface area contributed by atoms with Crippen molar-refractivity contribution in [2.24, 2.45) is 5.10 Å². The van der Waals surface area contributed by atoms with E-state index in [4.69, 9.17) is 4.42 Å². The zero-order chi connectivity index (χ0) is 28.7. The predicted octanol–water partition coefficient (Wildman–Crippen LogP) is 4.68. The van der Waals surface area contributed by atoms with Crippen LogP contribution < -0.4 is 10.7 Å². The van der Waals surface area contributed by atoms with E-state index in [-0.39, 0.29) is 23.7 Å². The van der Waals surface area contributed by atoms with Crippen LogP contribution in [0.5, 0.6) is 0 Å². The van der Waals surface area contributed by atoms with Gasteiger partial charge in [-0.25, -0.2) is 13.8 Å². The van der Waals surface area contributed by atoms with Crippen LogP contribution in [-0.4, -0.2) is 30.8 Å². The minimum absolute atomic E-state index is 0.0242. The predicted molar refractivity (Wildman–Crippen MR) is 153 cm³/mol. The summed E-state index contributed by atoms with van der Waals surface area (Å²) in [4.78, 5) is 24.5. The van der Waals surface area contributed by atoms with Crippen molar-refractivity contribution in [1.29, 1.82) is 0 Å². The molecule has 9 nitrogen and oxygen atoms in total. The maximum atomic E-state index is 13.5. The van der Waals surface area contributed by atoms with Gasteiger partial charge in [0.2, 0.25) is 10.0 Å². The van der Waals surface area contributed by atoms with Crippen LogP contribution in [0.15, 0.2) is 99.3 Å². The largest absolute Gasteiger partial charge is 0.459 e. The number of aryl methyl sites for hydroxylation is 3. The highest BCUT2D eigenvalue weighted by molar-refractivity contribution is 7.89. The Balaban J connectivity index is 1.43. The standard InChI is InChI=1S/C30H30N4O5S/c1-21-9-13-28(14-10-21)40(37,38)34(19-24-7-5-4-6-8-24)20-27-12-11-26(39-27)18-31-33-30(36)29(35)32-25-16-22(2)15-23(3)17-25/h4-18H,19-20H2,1-3H3,(H,32,35)(H,33,36)/b31-18+. The molecule has 0 bridgehead atoms. The highest BCUT2D eigenvalue weighted by Crippen LogP contribution is 2.22. The van der Waals surface area contributed by atoms with Gasteiger partial charge in [0.05, 0.1) is 17.7 Å². The van der Waals surface area contributed by atoms with Gasteiger partial charge in [-0.05, 0) is 73.9 Å². The van der Waals surface area contributed by atoms with Crippen LogP contribution in [0.4, 0.5) is 5.69 Å². The number of furan rings is 1. The second-order valence-electron chi connectivity index (χ2n) is 9.41. The molecule has 4 rings (SSSR count). The van der Waals surface area contributed by atoms with E-state index in [0.717, 1.165) is 22.3 Å². The summed E-state index contributed by atoms with van der Waals surface area (Å²) < 4.78 is 34.1. The molecular weight excluding hydrogens is 528 g/mol. The Kier molecular flexibility index (Phi) is 8.93. The van der Waals surface area contributed by atoms with E-state index in [1.807, 2.05) is 57.2 Å². The molecule has 0 radical (unpaired) electrons. The molecule has 0 aliphatic heterocycles. The zero-order valence-corrected chi connectivity index (χ0v) is 23.2. The van der Waals surface area contributed by atoms with Crippen molar-refractivity contribution in [1.82, 2.24) is 9.73 Å². The van der Waals surface area contributed by atoms with Crippen LogP contribution in [-0.2, 0) is 32.7 Å². The Morgan fingerprint density at radius 2 is 1.50 bits per heavy atom. The molecule has 206 valence electrons. The molecule has 0 saturated heterocycles. The number of benzene rings is 3. The Hall–Kier alpha value is -4.54. The third kappa shape index (κ3) is 7.52. The molecule has 0 fully saturated rings. The van der Waals surface area contributed by atoms with Crippen molar-refractivity contribution < 1.29 is 22.4 Å². The number of hydrogen-bond acceptors (Lipinski definition) is 6. The number of amides is 2. The van der Waals surface area contributed by atoms with Crippen LogP contribution in [0.3, 0.4) is 0 Å². The fourth-order valence-electron chi connectivity index (χ4n) is 4.03. The summed E-state index contributed by atoms with van der Waals surface area (Å²) in [6.07, 6.45) is 1.24. The number of nitrogens with zero attached hydrogens (tertiary/aromatic N) is 2. The van der Waals surface area contributed by atoms with E-state index in [0.29, 0.717) is 11.4 Å². The average molecular weight is 559 g/mol. The van der Waals surface area contributed by atoms with E-state index >= 15 is 0 Å². The van der Waals surface area contributed by atoms with Crippen LogP contribution in [0.1, 0.15) is 33.8 Å². The number of sulfonamides is 1. The average Bonchev–Trinajstić information content (AvgIpc) is 3.35. The number of nitrogens with one attached hydrogen (secondary N) is 2. The second-order valence-corrected chi connectivity index (χ2v) is 11.3. The SMILES string of the molecule is Cc1ccc(S(=O)(=O)N(Cc2ccccc2)Cc2ccc(/C=N/NC(=O)C(=O)Nc3cc(C)cc(C)c3)o2)cc1. The van der Waals surface area contributed by atoms with Gasteiger partial charge in [0.25, 0.3) is 0 Å². The highest BCUT2D eigenvalue weighted by atomic mass is 32.2. The Bertz CT molecular complexity index is 1610. The van der Waals surface area contributed by atoms with Crippen LogP contribution in [0.25, 0.3) is 0 Å². The maximum Gasteiger partial charge on any atom is 0.329 e. The van der Waals surface area contributed by atoms with E-state index in [1.54, 1.807) is 48.5 Å². The van der Waals surface area contributed by atoms with E-state index in [2.05, 4.69) is 15.8 Å². The summed E-state index contributed by atoms with van der Waals surface area (Å²) in [6.45, 7) is 5.80. The van der Waals surface area contributed by atoms with Crippen molar-refractivity contribution in [3.05, 3.63) is 119 Å². The van der Waals surface area contributed by atoms with Crippen LogP contribution in [0, 0.1) is 20.8 Å². The third-order valence-corrected chi connectivity index (χ3v) is 7.72. The Morgan fingerprint density at radius 3 is 2.17 bits per heavy atom. The molecule has 2 N–H and O–H groups in total. The number of anilines is 1. The first-order valence-corrected chi connectivity index (χ1v) is 14.0. The van der Waals surface area contributed by atoms with Crippen molar-refractivity contribution in [3.63, 3.8) is 0 Å². The number of rotatable bonds is 9. The quantitative estimate of drug-likeness (QED) is 0.175. The summed E-state index contributed by atoms with van der Waals surface area (Å²) in [5.74, 6) is -1.15. The molecule has 3 aromatic carbocycles. The molecule has 1 heterocycles. The second kappa shape index (κ2) is 12.5. The maximum absolute atomic E-state index is 13.5. The number of hydrogen-bond donors (Lipinski definition) is 2. The smallest absolute Gasteiger partial charge is 0.329 e. The lowest BCUT2D eigenvalue weighted by Crippen LogP contribution is -2.32. The van der Waals surface area contributed by atoms with Crippen molar-refractivity contribution in [2.45, 2.75) is 38.8 Å². The molecule has 1 aromatic heterocycles. The summed E-state index contributed by atoms with van der Waals surface area (Å²) in [5.41, 5.74) is 6.37. The molecule has 0 unspecified atom stereocenters. The minimum Gasteiger partial charge on any atom is -0.459 e. The van der Waals surface area contributed by atoms with Gasteiger partial charge < -0.3 is 9.73 Å². The molecule has 0 spiro atoms. The van der Waals surface area contributed by atoms with Crippen molar-refractivity contribution in [3.8, 4) is 0 Å². The normalized spacial score (nSPS) is 11.6. The first-order valence-electron chi connectivity index (χ1n) is 12.5. The fraction of sp³-hybridized carbons (Fsp3) is 0.167. The van der Waals surface area contributed by atoms with Gasteiger partial charge in [-0.15, -0.1) is 0 Å². The van der Waals surface area contributed by atoms with Gasteiger partial charge in [-0.1, -0.05) is 54.1 Å². The summed E-state index contributed by atoms with van der Waals surface area (Å²) in [6, 6.07) is 24.7. The lowest BCUT2D eigenvalue weighted by atomic mass is 10.1. The van der Waals surface area contributed by atoms with E-state index < -0.39 is 21.8 Å². The lowest BCUT2D eigenvalue weighted by Gasteiger charge is -2.21. The number of carbonyl (C=O) groups is 2. The van der Waals surface area contributed by atoms with E-state index in [9.17, 15) is 18.0 Å². The topological polar surface area (TPSA) is 121 Å². The molecule has 4 aromatic rings. The van der Waals surface area contributed by atoms with Gasteiger partial charge >= 0.3 is 11.8 Å². The molecule has 0 atom stereocenters. The molecule has 40 heavy (non-hydrogen) atoms. The monoisotopic (exact) mass is 558 g/mol. The molecule has 0 aliphatic carbocycles. The van der Waals surface area contributed by atoms with Gasteiger partial charge in [-0.3, -0.25) is 9.59 Å².